The number of aromatic nitrogens is 3. The first kappa shape index (κ1) is 23.5. The monoisotopic (exact) mass is 436 g/mol. The van der Waals surface area contributed by atoms with Gasteiger partial charge in [-0.3, -0.25) is 5.10 Å². The number of carbonyl (C=O) groups is 1. The summed E-state index contributed by atoms with van der Waals surface area (Å²) in [7, 11) is 0. The molecule has 1 unspecified atom stereocenters. The summed E-state index contributed by atoms with van der Waals surface area (Å²) in [5, 5.41) is 20.9. The summed E-state index contributed by atoms with van der Waals surface area (Å²) in [6, 6.07) is 19.5. The van der Waals surface area contributed by atoms with Crippen molar-refractivity contribution >= 4 is 6.09 Å². The van der Waals surface area contributed by atoms with Gasteiger partial charge in [0, 0.05) is 12.3 Å². The Kier molecular flexibility index (Phi) is 8.00. The van der Waals surface area contributed by atoms with Gasteiger partial charge >= 0.3 is 6.09 Å². The normalized spacial score (nSPS) is 14.4. The lowest BCUT2D eigenvalue weighted by atomic mass is 9.82. The first-order valence-electron chi connectivity index (χ1n) is 10.9. The molecule has 0 aliphatic heterocycles. The van der Waals surface area contributed by atoms with Gasteiger partial charge in [-0.25, -0.2) is 9.78 Å². The summed E-state index contributed by atoms with van der Waals surface area (Å²) in [6.07, 6.45) is 1.66. The molecule has 3 rings (SSSR count). The summed E-state index contributed by atoms with van der Waals surface area (Å²) >= 11 is 0. The van der Waals surface area contributed by atoms with E-state index in [2.05, 4.69) is 32.6 Å². The molecule has 3 aromatic rings. The SMILES string of the molecule is CC(C)(C)OC(=O)N[C@@H](C(Cc1ccccc1)c1ccccc1)[C@@H](O)CCc1ncn[nH]1. The van der Waals surface area contributed by atoms with Gasteiger partial charge in [0.15, 0.2) is 0 Å². The number of ether oxygens (including phenoxy) is 1. The Labute approximate surface area is 189 Å². The lowest BCUT2D eigenvalue weighted by Crippen LogP contribution is -2.49. The maximum absolute atomic E-state index is 12.7. The van der Waals surface area contributed by atoms with E-state index in [9.17, 15) is 9.90 Å². The van der Waals surface area contributed by atoms with Crippen molar-refractivity contribution in [1.29, 1.82) is 0 Å². The highest BCUT2D eigenvalue weighted by Crippen LogP contribution is 2.28. The molecule has 3 atom stereocenters. The van der Waals surface area contributed by atoms with Gasteiger partial charge in [0.25, 0.3) is 0 Å². The fourth-order valence-electron chi connectivity index (χ4n) is 3.74. The summed E-state index contributed by atoms with van der Waals surface area (Å²) in [5.41, 5.74) is 1.53. The van der Waals surface area contributed by atoms with E-state index in [1.54, 1.807) is 0 Å². The van der Waals surface area contributed by atoms with E-state index >= 15 is 0 Å². The zero-order valence-electron chi connectivity index (χ0n) is 18.9. The number of carbonyl (C=O) groups excluding carboxylic acids is 1. The first-order valence-corrected chi connectivity index (χ1v) is 10.9. The smallest absolute Gasteiger partial charge is 0.407 e. The number of H-pyrrole nitrogens is 1. The number of aliphatic hydroxyl groups is 1. The van der Waals surface area contributed by atoms with Crippen molar-refractivity contribution in [2.24, 2.45) is 0 Å². The Bertz CT molecular complexity index is 940. The van der Waals surface area contributed by atoms with E-state index < -0.39 is 23.8 Å². The zero-order chi connectivity index (χ0) is 23.0. The Morgan fingerprint density at radius 2 is 1.75 bits per heavy atom. The highest BCUT2D eigenvalue weighted by Gasteiger charge is 2.32. The third kappa shape index (κ3) is 7.20. The van der Waals surface area contributed by atoms with E-state index in [0.29, 0.717) is 25.1 Å². The fraction of sp³-hybridized carbons (Fsp3) is 0.400. The molecule has 32 heavy (non-hydrogen) atoms. The number of aryl methyl sites for hydroxylation is 1. The average Bonchev–Trinajstić information content (AvgIpc) is 3.28. The topological polar surface area (TPSA) is 100 Å². The van der Waals surface area contributed by atoms with E-state index in [-0.39, 0.29) is 5.92 Å². The van der Waals surface area contributed by atoms with Crippen LogP contribution in [0.4, 0.5) is 4.79 Å². The maximum atomic E-state index is 12.7. The van der Waals surface area contributed by atoms with Crippen LogP contribution < -0.4 is 5.32 Å². The quantitative estimate of drug-likeness (QED) is 0.470. The highest BCUT2D eigenvalue weighted by atomic mass is 16.6. The number of alkyl carbamates (subject to hydrolysis) is 1. The Hall–Kier alpha value is -3.19. The van der Waals surface area contributed by atoms with Crippen LogP contribution in [0, 0.1) is 0 Å². The van der Waals surface area contributed by atoms with Crippen LogP contribution in [-0.4, -0.2) is 44.1 Å². The lowest BCUT2D eigenvalue weighted by molar-refractivity contribution is 0.0384. The first-order chi connectivity index (χ1) is 15.3. The molecule has 7 heteroatoms. The lowest BCUT2D eigenvalue weighted by Gasteiger charge is -2.33. The van der Waals surface area contributed by atoms with Crippen LogP contribution in [0.25, 0.3) is 0 Å². The van der Waals surface area contributed by atoms with Gasteiger partial charge in [-0.05, 0) is 44.7 Å². The van der Waals surface area contributed by atoms with Gasteiger partial charge in [0.1, 0.15) is 17.8 Å². The minimum atomic E-state index is -0.818. The number of amides is 1. The van der Waals surface area contributed by atoms with E-state index in [0.717, 1.165) is 11.1 Å². The molecule has 0 saturated heterocycles. The van der Waals surface area contributed by atoms with E-state index in [1.165, 1.54) is 6.33 Å². The number of aliphatic hydroxyl groups excluding tert-OH is 1. The molecule has 0 saturated carbocycles. The molecule has 2 aromatic carbocycles. The van der Waals surface area contributed by atoms with Crippen LogP contribution >= 0.6 is 0 Å². The largest absolute Gasteiger partial charge is 0.444 e. The Morgan fingerprint density at radius 3 is 2.34 bits per heavy atom. The number of nitrogens with zero attached hydrogens (tertiary/aromatic N) is 2. The summed E-state index contributed by atoms with van der Waals surface area (Å²) in [5.74, 6) is 0.537. The average molecular weight is 437 g/mol. The molecule has 0 fully saturated rings. The predicted octanol–water partition coefficient (Wildman–Crippen LogP) is 4.02. The molecule has 0 aliphatic carbocycles. The number of benzene rings is 2. The maximum Gasteiger partial charge on any atom is 0.407 e. The molecule has 0 radical (unpaired) electrons. The number of hydrogen-bond acceptors (Lipinski definition) is 5. The van der Waals surface area contributed by atoms with Crippen LogP contribution in [0.15, 0.2) is 67.0 Å². The molecule has 1 aromatic heterocycles. The van der Waals surface area contributed by atoms with Crippen molar-refractivity contribution in [2.45, 2.75) is 63.7 Å². The standard InChI is InChI=1S/C25H32N4O3/c1-25(2,3)32-24(31)28-23(21(30)14-15-22-26-17-27-29-22)20(19-12-8-5-9-13-19)16-18-10-6-4-7-11-18/h4-13,17,20-21,23,30H,14-16H2,1-3H3,(H,28,31)(H,26,27,29)/t20?,21-,23-/m0/s1. The minimum Gasteiger partial charge on any atom is -0.444 e. The van der Waals surface area contributed by atoms with Crippen molar-refractivity contribution in [3.63, 3.8) is 0 Å². The van der Waals surface area contributed by atoms with Crippen molar-refractivity contribution in [3.8, 4) is 0 Å². The van der Waals surface area contributed by atoms with Gasteiger partial charge in [-0.15, -0.1) is 0 Å². The van der Waals surface area contributed by atoms with Crippen LogP contribution in [0.5, 0.6) is 0 Å². The molecule has 170 valence electrons. The molecule has 1 amide bonds. The number of nitrogens with one attached hydrogen (secondary N) is 2. The van der Waals surface area contributed by atoms with Gasteiger partial charge in [-0.2, -0.15) is 5.10 Å². The van der Waals surface area contributed by atoms with Crippen LogP contribution in [0.1, 0.15) is 50.1 Å². The zero-order valence-corrected chi connectivity index (χ0v) is 18.9. The molecule has 7 nitrogen and oxygen atoms in total. The van der Waals surface area contributed by atoms with Gasteiger partial charge < -0.3 is 15.2 Å². The summed E-state index contributed by atoms with van der Waals surface area (Å²) in [6.45, 7) is 5.46. The highest BCUT2D eigenvalue weighted by molar-refractivity contribution is 5.68. The molecule has 1 heterocycles. The van der Waals surface area contributed by atoms with Crippen molar-refractivity contribution in [1.82, 2.24) is 20.5 Å². The summed E-state index contributed by atoms with van der Waals surface area (Å²) < 4.78 is 5.52. The Balaban J connectivity index is 1.88. The van der Waals surface area contributed by atoms with Crippen LogP contribution in [0.3, 0.4) is 0 Å². The second-order valence-electron chi connectivity index (χ2n) is 8.92. The van der Waals surface area contributed by atoms with Crippen molar-refractivity contribution in [3.05, 3.63) is 83.9 Å². The van der Waals surface area contributed by atoms with Gasteiger partial charge in [0.05, 0.1) is 12.1 Å². The number of rotatable bonds is 9. The van der Waals surface area contributed by atoms with Gasteiger partial charge in [-0.1, -0.05) is 60.7 Å². The molecule has 0 spiro atoms. The molecular weight excluding hydrogens is 404 g/mol. The van der Waals surface area contributed by atoms with Crippen molar-refractivity contribution < 1.29 is 14.6 Å². The second-order valence-corrected chi connectivity index (χ2v) is 8.92. The third-order valence-corrected chi connectivity index (χ3v) is 5.20. The molecular formula is C25H32N4O3. The fourth-order valence-corrected chi connectivity index (χ4v) is 3.74. The summed E-state index contributed by atoms with van der Waals surface area (Å²) in [4.78, 5) is 16.9. The second kappa shape index (κ2) is 10.9. The van der Waals surface area contributed by atoms with Gasteiger partial charge in [0.2, 0.25) is 0 Å². The molecule has 0 bridgehead atoms. The van der Waals surface area contributed by atoms with E-state index in [1.807, 2.05) is 69.3 Å². The Morgan fingerprint density at radius 1 is 1.09 bits per heavy atom. The van der Waals surface area contributed by atoms with Crippen LogP contribution in [0.2, 0.25) is 0 Å². The van der Waals surface area contributed by atoms with Crippen LogP contribution in [-0.2, 0) is 17.6 Å². The third-order valence-electron chi connectivity index (χ3n) is 5.20. The molecule has 0 aliphatic rings. The number of aromatic amines is 1. The molecule has 3 N–H and O–H groups in total. The van der Waals surface area contributed by atoms with E-state index in [4.69, 9.17) is 4.74 Å². The van der Waals surface area contributed by atoms with Crippen molar-refractivity contribution in [2.75, 3.05) is 0 Å². The minimum absolute atomic E-state index is 0.157. The number of hydrogen-bond donors (Lipinski definition) is 3. The predicted molar refractivity (Wildman–Crippen MR) is 123 cm³/mol.